The predicted octanol–water partition coefficient (Wildman–Crippen LogP) is 3.13. The van der Waals surface area contributed by atoms with Crippen LogP contribution in [0.3, 0.4) is 0 Å². The molecule has 1 aromatic heterocycles. The van der Waals surface area contributed by atoms with Crippen molar-refractivity contribution in [2.75, 3.05) is 11.9 Å². The topological polar surface area (TPSA) is 40.7 Å². The van der Waals surface area contributed by atoms with Gasteiger partial charge in [0, 0.05) is 18.2 Å². The molecule has 0 fully saturated rings. The Bertz CT molecular complexity index is 465. The quantitative estimate of drug-likeness (QED) is 0.825. The van der Waals surface area contributed by atoms with Gasteiger partial charge in [0.1, 0.15) is 5.82 Å². The van der Waals surface area contributed by atoms with E-state index in [1.54, 1.807) is 0 Å². The van der Waals surface area contributed by atoms with Crippen molar-refractivity contribution < 1.29 is 0 Å². The van der Waals surface area contributed by atoms with Crippen molar-refractivity contribution in [2.45, 2.75) is 20.8 Å². The first-order chi connectivity index (χ1) is 7.69. The van der Waals surface area contributed by atoms with Gasteiger partial charge in [-0.2, -0.15) is 5.10 Å². The second-order valence-electron chi connectivity index (χ2n) is 4.07. The highest BCUT2D eigenvalue weighted by Gasteiger charge is 2.03. The molecule has 1 heterocycles. The molecule has 0 amide bonds. The summed E-state index contributed by atoms with van der Waals surface area (Å²) >= 11 is 0. The molecule has 16 heavy (non-hydrogen) atoms. The average Bonchev–Trinajstić information content (AvgIpc) is 2.65. The molecular weight excluding hydrogens is 198 g/mol. The summed E-state index contributed by atoms with van der Waals surface area (Å²) in [5, 5.41) is 10.4. The molecule has 0 aliphatic rings. The highest BCUT2D eigenvalue weighted by Crippen LogP contribution is 2.22. The van der Waals surface area contributed by atoms with Gasteiger partial charge in [0.05, 0.1) is 5.69 Å². The number of nitrogens with zero attached hydrogens (tertiary/aromatic N) is 1. The van der Waals surface area contributed by atoms with Crippen LogP contribution in [-0.2, 0) is 0 Å². The number of rotatable bonds is 3. The Balaban J connectivity index is 2.34. The Morgan fingerprint density at radius 1 is 1.12 bits per heavy atom. The van der Waals surface area contributed by atoms with Gasteiger partial charge in [-0.05, 0) is 32.9 Å². The lowest BCUT2D eigenvalue weighted by Crippen LogP contribution is -1.95. The molecule has 0 saturated heterocycles. The van der Waals surface area contributed by atoms with Crippen LogP contribution < -0.4 is 5.32 Å². The Labute approximate surface area is 95.9 Å². The number of benzene rings is 1. The van der Waals surface area contributed by atoms with Gasteiger partial charge in [-0.3, -0.25) is 5.10 Å². The van der Waals surface area contributed by atoms with Crippen molar-refractivity contribution in [1.29, 1.82) is 0 Å². The van der Waals surface area contributed by atoms with E-state index in [1.807, 2.05) is 6.07 Å². The molecule has 0 saturated carbocycles. The van der Waals surface area contributed by atoms with E-state index in [1.165, 1.54) is 16.7 Å². The number of aromatic nitrogens is 2. The highest BCUT2D eigenvalue weighted by atomic mass is 15.2. The molecule has 2 rings (SSSR count). The lowest BCUT2D eigenvalue weighted by molar-refractivity contribution is 1.07. The second-order valence-corrected chi connectivity index (χ2v) is 4.07. The molecular formula is C13H17N3. The summed E-state index contributed by atoms with van der Waals surface area (Å²) in [6.07, 6.45) is 0. The summed E-state index contributed by atoms with van der Waals surface area (Å²) in [6, 6.07) is 8.54. The van der Waals surface area contributed by atoms with E-state index in [2.05, 4.69) is 54.5 Å². The zero-order valence-electron chi connectivity index (χ0n) is 9.96. The standard InChI is InChI=1S/C13H17N3/c1-4-14-13-8-12(15-16-13)11-6-9(2)5-10(3)7-11/h5-8H,4H2,1-3H3,(H2,14,15,16). The number of hydrogen-bond acceptors (Lipinski definition) is 2. The lowest BCUT2D eigenvalue weighted by atomic mass is 10.1. The fourth-order valence-electron chi connectivity index (χ4n) is 1.87. The molecule has 0 aliphatic heterocycles. The number of anilines is 1. The zero-order valence-corrected chi connectivity index (χ0v) is 9.96. The normalized spacial score (nSPS) is 10.4. The number of nitrogens with one attached hydrogen (secondary N) is 2. The maximum absolute atomic E-state index is 4.21. The predicted molar refractivity (Wildman–Crippen MR) is 67.7 cm³/mol. The fraction of sp³-hybridized carbons (Fsp3) is 0.308. The van der Waals surface area contributed by atoms with Crippen molar-refractivity contribution in [3.8, 4) is 11.3 Å². The summed E-state index contributed by atoms with van der Waals surface area (Å²) in [4.78, 5) is 0. The number of hydrogen-bond donors (Lipinski definition) is 2. The van der Waals surface area contributed by atoms with E-state index < -0.39 is 0 Å². The van der Waals surface area contributed by atoms with Crippen LogP contribution in [0, 0.1) is 13.8 Å². The van der Waals surface area contributed by atoms with Crippen LogP contribution in [0.4, 0.5) is 5.82 Å². The maximum atomic E-state index is 4.21. The van der Waals surface area contributed by atoms with E-state index >= 15 is 0 Å². The lowest BCUT2D eigenvalue weighted by Gasteiger charge is -2.01. The summed E-state index contributed by atoms with van der Waals surface area (Å²) in [5.74, 6) is 0.900. The monoisotopic (exact) mass is 215 g/mol. The van der Waals surface area contributed by atoms with Gasteiger partial charge >= 0.3 is 0 Å². The molecule has 2 N–H and O–H groups in total. The van der Waals surface area contributed by atoms with Gasteiger partial charge in [-0.25, -0.2) is 0 Å². The summed E-state index contributed by atoms with van der Waals surface area (Å²) in [7, 11) is 0. The van der Waals surface area contributed by atoms with Crippen LogP contribution in [0.2, 0.25) is 0 Å². The molecule has 0 radical (unpaired) electrons. The smallest absolute Gasteiger partial charge is 0.148 e. The SMILES string of the molecule is CCNc1cc(-c2cc(C)cc(C)c2)[nH]n1. The van der Waals surface area contributed by atoms with Gasteiger partial charge in [0.15, 0.2) is 0 Å². The van der Waals surface area contributed by atoms with E-state index in [9.17, 15) is 0 Å². The van der Waals surface area contributed by atoms with Crippen LogP contribution in [-0.4, -0.2) is 16.7 Å². The van der Waals surface area contributed by atoms with E-state index in [-0.39, 0.29) is 0 Å². The Morgan fingerprint density at radius 2 is 1.81 bits per heavy atom. The second kappa shape index (κ2) is 4.39. The summed E-state index contributed by atoms with van der Waals surface area (Å²) in [6.45, 7) is 7.17. The molecule has 1 aromatic carbocycles. The minimum absolute atomic E-state index is 0.886. The Kier molecular flexibility index (Phi) is 2.95. The number of aryl methyl sites for hydroxylation is 2. The first-order valence-electron chi connectivity index (χ1n) is 5.57. The Hall–Kier alpha value is -1.77. The van der Waals surface area contributed by atoms with Crippen LogP contribution in [0.15, 0.2) is 24.3 Å². The molecule has 0 atom stereocenters. The molecule has 2 aromatic rings. The number of aromatic amines is 1. The van der Waals surface area contributed by atoms with Crippen molar-refractivity contribution in [2.24, 2.45) is 0 Å². The van der Waals surface area contributed by atoms with Gasteiger partial charge in [-0.15, -0.1) is 0 Å². The molecule has 84 valence electrons. The maximum Gasteiger partial charge on any atom is 0.148 e. The van der Waals surface area contributed by atoms with Crippen molar-refractivity contribution in [1.82, 2.24) is 10.2 Å². The van der Waals surface area contributed by atoms with Crippen LogP contribution in [0.1, 0.15) is 18.1 Å². The van der Waals surface area contributed by atoms with Gasteiger partial charge in [0.25, 0.3) is 0 Å². The van der Waals surface area contributed by atoms with Gasteiger partial charge < -0.3 is 5.32 Å². The van der Waals surface area contributed by atoms with Crippen LogP contribution in [0.25, 0.3) is 11.3 Å². The molecule has 0 spiro atoms. The summed E-state index contributed by atoms with van der Waals surface area (Å²) in [5.41, 5.74) is 4.79. The zero-order chi connectivity index (χ0) is 11.5. The first kappa shape index (κ1) is 10.7. The summed E-state index contributed by atoms with van der Waals surface area (Å²) < 4.78 is 0. The Morgan fingerprint density at radius 3 is 2.44 bits per heavy atom. The molecule has 0 unspecified atom stereocenters. The third kappa shape index (κ3) is 2.24. The minimum Gasteiger partial charge on any atom is -0.369 e. The van der Waals surface area contributed by atoms with Gasteiger partial charge in [0.2, 0.25) is 0 Å². The molecule has 3 nitrogen and oxygen atoms in total. The third-order valence-corrected chi connectivity index (χ3v) is 2.47. The molecule has 0 aliphatic carbocycles. The highest BCUT2D eigenvalue weighted by molar-refractivity contribution is 5.64. The third-order valence-electron chi connectivity index (χ3n) is 2.47. The van der Waals surface area contributed by atoms with Crippen molar-refractivity contribution >= 4 is 5.82 Å². The van der Waals surface area contributed by atoms with Gasteiger partial charge in [-0.1, -0.05) is 17.2 Å². The number of H-pyrrole nitrogens is 1. The van der Waals surface area contributed by atoms with E-state index in [4.69, 9.17) is 0 Å². The average molecular weight is 215 g/mol. The minimum atomic E-state index is 0.886. The first-order valence-corrected chi connectivity index (χ1v) is 5.57. The molecule has 3 heteroatoms. The van der Waals surface area contributed by atoms with Crippen molar-refractivity contribution in [3.63, 3.8) is 0 Å². The fourth-order valence-corrected chi connectivity index (χ4v) is 1.87. The van der Waals surface area contributed by atoms with Crippen LogP contribution >= 0.6 is 0 Å². The van der Waals surface area contributed by atoms with Crippen molar-refractivity contribution in [3.05, 3.63) is 35.4 Å². The van der Waals surface area contributed by atoms with E-state index in [0.717, 1.165) is 18.1 Å². The van der Waals surface area contributed by atoms with Crippen LogP contribution in [0.5, 0.6) is 0 Å². The largest absolute Gasteiger partial charge is 0.369 e. The van der Waals surface area contributed by atoms with E-state index in [0.29, 0.717) is 0 Å². The molecule has 0 bridgehead atoms.